The van der Waals surface area contributed by atoms with Gasteiger partial charge in [0.05, 0.1) is 4.90 Å². The topological polar surface area (TPSA) is 105 Å². The predicted octanol–water partition coefficient (Wildman–Crippen LogP) is 4.76. The lowest BCUT2D eigenvalue weighted by Gasteiger charge is -2.08. The molecule has 2 amide bonds. The smallest absolute Gasteiger partial charge is 0.291 e. The van der Waals surface area contributed by atoms with E-state index in [2.05, 4.69) is 10.6 Å². The van der Waals surface area contributed by atoms with Crippen molar-refractivity contribution >= 4 is 33.0 Å². The SMILES string of the molecule is O=C(Nc1cccc(NC(=O)c2ccc(CS(=O)(=O)c3ccccc3)o2)c1)c1ccccc1. The van der Waals surface area contributed by atoms with E-state index in [1.807, 2.05) is 6.07 Å². The number of sulfone groups is 1. The highest BCUT2D eigenvalue weighted by molar-refractivity contribution is 7.90. The summed E-state index contributed by atoms with van der Waals surface area (Å²) in [6, 6.07) is 26.4. The number of benzene rings is 3. The van der Waals surface area contributed by atoms with Crippen LogP contribution in [0.15, 0.2) is 106 Å². The van der Waals surface area contributed by atoms with Gasteiger partial charge in [-0.15, -0.1) is 0 Å². The van der Waals surface area contributed by atoms with Gasteiger partial charge in [0.2, 0.25) is 0 Å². The molecule has 4 aromatic rings. The minimum absolute atomic E-state index is 0.0213. The molecule has 2 N–H and O–H groups in total. The van der Waals surface area contributed by atoms with E-state index in [0.717, 1.165) is 0 Å². The van der Waals surface area contributed by atoms with Crippen molar-refractivity contribution in [2.45, 2.75) is 10.6 Å². The minimum atomic E-state index is -3.59. The Morgan fingerprint density at radius 2 is 1.30 bits per heavy atom. The number of amides is 2. The lowest BCUT2D eigenvalue weighted by atomic mass is 10.2. The average molecular weight is 461 g/mol. The number of hydrogen-bond acceptors (Lipinski definition) is 5. The number of furan rings is 1. The van der Waals surface area contributed by atoms with Crippen LogP contribution in [0.3, 0.4) is 0 Å². The summed E-state index contributed by atoms with van der Waals surface area (Å²) >= 11 is 0. The Morgan fingerprint density at radius 1 is 0.697 bits per heavy atom. The summed E-state index contributed by atoms with van der Waals surface area (Å²) in [4.78, 5) is 25.1. The van der Waals surface area contributed by atoms with Crippen molar-refractivity contribution in [1.82, 2.24) is 0 Å². The summed E-state index contributed by atoms with van der Waals surface area (Å²) in [6.45, 7) is 0. The maximum atomic E-state index is 12.6. The number of nitrogens with one attached hydrogen (secondary N) is 2. The molecule has 8 heteroatoms. The van der Waals surface area contributed by atoms with Crippen molar-refractivity contribution < 1.29 is 22.4 Å². The monoisotopic (exact) mass is 460 g/mol. The maximum Gasteiger partial charge on any atom is 0.291 e. The highest BCUT2D eigenvalue weighted by Crippen LogP contribution is 2.20. The van der Waals surface area contributed by atoms with Gasteiger partial charge in [0.15, 0.2) is 15.6 Å². The largest absolute Gasteiger partial charge is 0.455 e. The molecule has 3 aromatic carbocycles. The summed E-state index contributed by atoms with van der Waals surface area (Å²) in [5, 5.41) is 5.46. The third kappa shape index (κ3) is 5.55. The van der Waals surface area contributed by atoms with Gasteiger partial charge in [-0.2, -0.15) is 0 Å². The lowest BCUT2D eigenvalue weighted by molar-refractivity contribution is 0.0993. The molecule has 0 saturated heterocycles. The molecule has 0 aliphatic carbocycles. The Balaban J connectivity index is 1.41. The Morgan fingerprint density at radius 3 is 1.97 bits per heavy atom. The third-order valence-corrected chi connectivity index (χ3v) is 6.39. The summed E-state index contributed by atoms with van der Waals surface area (Å²) in [6.07, 6.45) is 0. The van der Waals surface area contributed by atoms with Gasteiger partial charge in [0.1, 0.15) is 11.5 Å². The standard InChI is InChI=1S/C25H20N2O5S/c28-24(18-8-3-1-4-9-18)26-19-10-7-11-20(16-19)27-25(29)23-15-14-21(32-23)17-33(30,31)22-12-5-2-6-13-22/h1-16H,17H2,(H,26,28)(H,27,29). The summed E-state index contributed by atoms with van der Waals surface area (Å²) in [7, 11) is -3.59. The number of anilines is 2. The van der Waals surface area contributed by atoms with E-state index < -0.39 is 15.7 Å². The molecule has 0 bridgehead atoms. The molecule has 1 aromatic heterocycles. The van der Waals surface area contributed by atoms with Crippen molar-refractivity contribution in [2.24, 2.45) is 0 Å². The predicted molar refractivity (Wildman–Crippen MR) is 125 cm³/mol. The van der Waals surface area contributed by atoms with E-state index >= 15 is 0 Å². The van der Waals surface area contributed by atoms with Crippen LogP contribution >= 0.6 is 0 Å². The van der Waals surface area contributed by atoms with Gasteiger partial charge in [-0.25, -0.2) is 8.42 Å². The first-order valence-corrected chi connectivity index (χ1v) is 11.7. The van der Waals surface area contributed by atoms with Crippen LogP contribution in [0.4, 0.5) is 11.4 Å². The van der Waals surface area contributed by atoms with Crippen LogP contribution in [0, 0.1) is 0 Å². The van der Waals surface area contributed by atoms with Gasteiger partial charge in [0, 0.05) is 16.9 Å². The van der Waals surface area contributed by atoms with Crippen LogP contribution in [0.25, 0.3) is 0 Å². The Bertz CT molecular complexity index is 1380. The molecule has 0 spiro atoms. The Labute approximate surface area is 191 Å². The molecule has 0 saturated carbocycles. The third-order valence-electron chi connectivity index (χ3n) is 4.73. The fourth-order valence-electron chi connectivity index (χ4n) is 3.14. The molecule has 166 valence electrons. The van der Waals surface area contributed by atoms with E-state index in [9.17, 15) is 18.0 Å². The van der Waals surface area contributed by atoms with E-state index in [1.165, 1.54) is 24.3 Å². The summed E-state index contributed by atoms with van der Waals surface area (Å²) in [5.74, 6) is -1.02. The second kappa shape index (κ2) is 9.54. The van der Waals surface area contributed by atoms with Crippen LogP contribution < -0.4 is 10.6 Å². The number of carbonyl (C=O) groups is 2. The van der Waals surface area contributed by atoms with Gasteiger partial charge in [-0.1, -0.05) is 42.5 Å². The first-order chi connectivity index (χ1) is 15.9. The minimum Gasteiger partial charge on any atom is -0.455 e. The molecular weight excluding hydrogens is 440 g/mol. The van der Waals surface area contributed by atoms with Crippen molar-refractivity contribution in [3.63, 3.8) is 0 Å². The normalized spacial score (nSPS) is 11.0. The van der Waals surface area contributed by atoms with Crippen molar-refractivity contribution in [3.8, 4) is 0 Å². The van der Waals surface area contributed by atoms with Crippen LogP contribution in [0.5, 0.6) is 0 Å². The highest BCUT2D eigenvalue weighted by Gasteiger charge is 2.19. The van der Waals surface area contributed by atoms with Gasteiger partial charge >= 0.3 is 0 Å². The molecule has 0 aliphatic heterocycles. The molecule has 7 nitrogen and oxygen atoms in total. The summed E-state index contributed by atoms with van der Waals surface area (Å²) in [5.41, 5.74) is 1.47. The van der Waals surface area contributed by atoms with Crippen LogP contribution in [0.1, 0.15) is 26.7 Å². The van der Waals surface area contributed by atoms with E-state index in [4.69, 9.17) is 4.42 Å². The Kier molecular flexibility index (Phi) is 6.37. The fraction of sp³-hybridized carbons (Fsp3) is 0.0400. The molecule has 0 radical (unpaired) electrons. The average Bonchev–Trinajstić information content (AvgIpc) is 3.28. The quantitative estimate of drug-likeness (QED) is 0.414. The molecule has 33 heavy (non-hydrogen) atoms. The first-order valence-electron chi connectivity index (χ1n) is 10.0. The van der Waals surface area contributed by atoms with E-state index in [0.29, 0.717) is 16.9 Å². The van der Waals surface area contributed by atoms with Crippen molar-refractivity contribution in [2.75, 3.05) is 10.6 Å². The first kappa shape index (κ1) is 22.0. The summed E-state index contributed by atoms with van der Waals surface area (Å²) < 4.78 is 30.5. The number of carbonyl (C=O) groups excluding carboxylic acids is 2. The zero-order valence-corrected chi connectivity index (χ0v) is 18.2. The van der Waals surface area contributed by atoms with Gasteiger partial charge in [-0.3, -0.25) is 9.59 Å². The van der Waals surface area contributed by atoms with Crippen molar-refractivity contribution in [1.29, 1.82) is 0 Å². The van der Waals surface area contributed by atoms with Crippen LogP contribution in [-0.4, -0.2) is 20.2 Å². The fourth-order valence-corrected chi connectivity index (χ4v) is 4.40. The molecule has 0 unspecified atom stereocenters. The number of rotatable bonds is 7. The van der Waals surface area contributed by atoms with Crippen LogP contribution in [-0.2, 0) is 15.6 Å². The zero-order chi connectivity index (χ0) is 23.3. The molecule has 1 heterocycles. The second-order valence-electron chi connectivity index (χ2n) is 7.19. The molecule has 0 atom stereocenters. The Hall–Kier alpha value is -4.17. The van der Waals surface area contributed by atoms with Crippen LogP contribution in [0.2, 0.25) is 0 Å². The van der Waals surface area contributed by atoms with E-state index in [1.54, 1.807) is 66.7 Å². The molecular formula is C25H20N2O5S. The van der Waals surface area contributed by atoms with Crippen molar-refractivity contribution in [3.05, 3.63) is 114 Å². The maximum absolute atomic E-state index is 12.6. The zero-order valence-electron chi connectivity index (χ0n) is 17.4. The number of hydrogen-bond donors (Lipinski definition) is 2. The molecule has 0 aliphatic rings. The van der Waals surface area contributed by atoms with Gasteiger partial charge in [0.25, 0.3) is 11.8 Å². The van der Waals surface area contributed by atoms with Gasteiger partial charge in [-0.05, 0) is 54.6 Å². The molecule has 0 fully saturated rings. The van der Waals surface area contributed by atoms with Gasteiger partial charge < -0.3 is 15.1 Å². The second-order valence-corrected chi connectivity index (χ2v) is 9.18. The lowest BCUT2D eigenvalue weighted by Crippen LogP contribution is -2.13. The highest BCUT2D eigenvalue weighted by atomic mass is 32.2. The molecule has 4 rings (SSSR count). The van der Waals surface area contributed by atoms with E-state index in [-0.39, 0.29) is 28.1 Å².